The van der Waals surface area contributed by atoms with Gasteiger partial charge in [0.2, 0.25) is 0 Å². The van der Waals surface area contributed by atoms with Gasteiger partial charge in [-0.3, -0.25) is 9.48 Å². The zero-order valence-electron chi connectivity index (χ0n) is 10.8. The van der Waals surface area contributed by atoms with Crippen LogP contribution in [0.2, 0.25) is 0 Å². The molecular weight excluding hydrogens is 240 g/mol. The second kappa shape index (κ2) is 4.42. The Bertz CT molecular complexity index is 606. The number of hydrogen-bond acceptors (Lipinski definition) is 3. The topological polar surface area (TPSA) is 64.2 Å². The molecule has 0 saturated carbocycles. The third-order valence-corrected chi connectivity index (χ3v) is 3.57. The van der Waals surface area contributed by atoms with Crippen molar-refractivity contribution in [3.8, 4) is 0 Å². The molecule has 0 bridgehead atoms. The minimum Gasteiger partial charge on any atom is -0.397 e. The van der Waals surface area contributed by atoms with E-state index in [1.165, 1.54) is 0 Å². The number of fused-ring (bicyclic) bond motifs is 1. The zero-order valence-corrected chi connectivity index (χ0v) is 10.8. The first-order chi connectivity index (χ1) is 9.18. The van der Waals surface area contributed by atoms with E-state index < -0.39 is 0 Å². The first-order valence-electron chi connectivity index (χ1n) is 6.36. The number of nitrogens with two attached hydrogens (primary N) is 1. The van der Waals surface area contributed by atoms with Crippen LogP contribution in [0.25, 0.3) is 0 Å². The molecule has 0 saturated heterocycles. The number of hydrogen-bond donors (Lipinski definition) is 1. The average Bonchev–Trinajstić information content (AvgIpc) is 3.06. The molecule has 3 rings (SSSR count). The molecule has 2 N–H and O–H groups in total. The molecule has 1 amide bonds. The van der Waals surface area contributed by atoms with Crippen molar-refractivity contribution in [2.24, 2.45) is 0 Å². The van der Waals surface area contributed by atoms with E-state index in [9.17, 15) is 4.79 Å². The number of carbonyl (C=O) groups is 1. The van der Waals surface area contributed by atoms with Crippen LogP contribution in [0.3, 0.4) is 0 Å². The number of nitrogens with zero attached hydrogens (tertiary/aromatic N) is 3. The van der Waals surface area contributed by atoms with Gasteiger partial charge in [-0.25, -0.2) is 0 Å². The van der Waals surface area contributed by atoms with E-state index in [-0.39, 0.29) is 11.9 Å². The lowest BCUT2D eigenvalue weighted by Crippen LogP contribution is -2.35. The second-order valence-electron chi connectivity index (χ2n) is 4.76. The van der Waals surface area contributed by atoms with E-state index in [1.54, 1.807) is 22.0 Å². The monoisotopic (exact) mass is 256 g/mol. The number of nitrogen functional groups attached to an aromatic ring is 1. The Morgan fingerprint density at radius 3 is 3.00 bits per heavy atom. The van der Waals surface area contributed by atoms with Crippen LogP contribution in [0.4, 0.5) is 11.4 Å². The number of aromatic nitrogens is 2. The van der Waals surface area contributed by atoms with Crippen LogP contribution in [0, 0.1) is 0 Å². The molecule has 1 aliphatic heterocycles. The maximum absolute atomic E-state index is 12.6. The van der Waals surface area contributed by atoms with Gasteiger partial charge >= 0.3 is 0 Å². The van der Waals surface area contributed by atoms with Gasteiger partial charge in [-0.05, 0) is 31.0 Å². The molecule has 98 valence electrons. The Morgan fingerprint density at radius 1 is 1.42 bits per heavy atom. The maximum Gasteiger partial charge on any atom is 0.251 e. The molecule has 0 spiro atoms. The van der Waals surface area contributed by atoms with Crippen molar-refractivity contribution in [3.63, 3.8) is 0 Å². The zero-order chi connectivity index (χ0) is 13.4. The minimum atomic E-state index is -0.319. The number of para-hydroxylation sites is 1. The summed E-state index contributed by atoms with van der Waals surface area (Å²) in [7, 11) is 0. The van der Waals surface area contributed by atoms with Crippen molar-refractivity contribution in [1.29, 1.82) is 0 Å². The summed E-state index contributed by atoms with van der Waals surface area (Å²) < 4.78 is 1.67. The Morgan fingerprint density at radius 2 is 2.26 bits per heavy atom. The third-order valence-electron chi connectivity index (χ3n) is 3.57. The van der Waals surface area contributed by atoms with Crippen molar-refractivity contribution < 1.29 is 4.79 Å². The summed E-state index contributed by atoms with van der Waals surface area (Å²) in [6.45, 7) is 2.54. The molecule has 1 atom stereocenters. The summed E-state index contributed by atoms with van der Waals surface area (Å²) in [5, 5.41) is 4.12. The number of amides is 1. The summed E-state index contributed by atoms with van der Waals surface area (Å²) >= 11 is 0. The standard InChI is InChI=1S/C14H16N4O/c1-10(18-8-3-7-16-18)14(19)17-9-6-11-4-2-5-12(15)13(11)17/h2-5,7-8,10H,6,9,15H2,1H3. The molecule has 19 heavy (non-hydrogen) atoms. The molecular formula is C14H16N4O. The van der Waals surface area contributed by atoms with E-state index >= 15 is 0 Å². The molecule has 1 unspecified atom stereocenters. The van der Waals surface area contributed by atoms with Gasteiger partial charge in [0.15, 0.2) is 0 Å². The molecule has 5 heteroatoms. The van der Waals surface area contributed by atoms with E-state index in [0.717, 1.165) is 17.7 Å². The molecule has 0 fully saturated rings. The molecule has 1 aromatic heterocycles. The Labute approximate surface area is 111 Å². The Kier molecular flexibility index (Phi) is 2.74. The quantitative estimate of drug-likeness (QED) is 0.830. The Hall–Kier alpha value is -2.30. The van der Waals surface area contributed by atoms with Crippen LogP contribution in [0.15, 0.2) is 36.7 Å². The first kappa shape index (κ1) is 11.8. The number of benzene rings is 1. The summed E-state index contributed by atoms with van der Waals surface area (Å²) in [6.07, 6.45) is 4.34. The van der Waals surface area contributed by atoms with E-state index in [2.05, 4.69) is 5.10 Å². The van der Waals surface area contributed by atoms with Gasteiger partial charge < -0.3 is 10.6 Å². The van der Waals surface area contributed by atoms with Crippen LogP contribution in [-0.2, 0) is 11.2 Å². The molecule has 1 aliphatic rings. The number of carbonyl (C=O) groups excluding carboxylic acids is 1. The normalized spacial score (nSPS) is 15.3. The van der Waals surface area contributed by atoms with Gasteiger partial charge in [0.05, 0.1) is 11.4 Å². The fourth-order valence-corrected chi connectivity index (χ4v) is 2.55. The highest BCUT2D eigenvalue weighted by Gasteiger charge is 2.30. The summed E-state index contributed by atoms with van der Waals surface area (Å²) in [5.74, 6) is 0.0281. The van der Waals surface area contributed by atoms with Crippen LogP contribution in [-0.4, -0.2) is 22.2 Å². The van der Waals surface area contributed by atoms with Crippen LogP contribution >= 0.6 is 0 Å². The predicted octanol–water partition coefficient (Wildman–Crippen LogP) is 1.62. The molecule has 0 aliphatic carbocycles. The fourth-order valence-electron chi connectivity index (χ4n) is 2.55. The van der Waals surface area contributed by atoms with Gasteiger partial charge in [-0.2, -0.15) is 5.10 Å². The summed E-state index contributed by atoms with van der Waals surface area (Å²) in [4.78, 5) is 14.3. The lowest BCUT2D eigenvalue weighted by molar-refractivity contribution is -0.121. The summed E-state index contributed by atoms with van der Waals surface area (Å²) in [5.41, 5.74) is 8.67. The largest absolute Gasteiger partial charge is 0.397 e. The third kappa shape index (κ3) is 1.87. The minimum absolute atomic E-state index is 0.0281. The van der Waals surface area contributed by atoms with Crippen LogP contribution < -0.4 is 10.6 Å². The van der Waals surface area contributed by atoms with E-state index in [0.29, 0.717) is 12.2 Å². The molecule has 0 radical (unpaired) electrons. The number of anilines is 2. The molecule has 5 nitrogen and oxygen atoms in total. The molecule has 1 aromatic carbocycles. The van der Waals surface area contributed by atoms with Crippen molar-refractivity contribution in [1.82, 2.24) is 9.78 Å². The van der Waals surface area contributed by atoms with Gasteiger partial charge in [0.25, 0.3) is 5.91 Å². The SMILES string of the molecule is CC(C(=O)N1CCc2cccc(N)c21)n1cccn1. The highest BCUT2D eigenvalue weighted by molar-refractivity contribution is 6.00. The van der Waals surface area contributed by atoms with Gasteiger partial charge in [0.1, 0.15) is 6.04 Å². The second-order valence-corrected chi connectivity index (χ2v) is 4.76. The van der Waals surface area contributed by atoms with Crippen LogP contribution in [0.1, 0.15) is 18.5 Å². The van der Waals surface area contributed by atoms with Gasteiger partial charge in [0, 0.05) is 18.9 Å². The highest BCUT2D eigenvalue weighted by atomic mass is 16.2. The highest BCUT2D eigenvalue weighted by Crippen LogP contribution is 2.34. The molecule has 2 aromatic rings. The average molecular weight is 256 g/mol. The van der Waals surface area contributed by atoms with Crippen molar-refractivity contribution in [2.75, 3.05) is 17.2 Å². The lowest BCUT2D eigenvalue weighted by Gasteiger charge is -2.23. The maximum atomic E-state index is 12.6. The van der Waals surface area contributed by atoms with E-state index in [4.69, 9.17) is 5.73 Å². The Balaban J connectivity index is 1.92. The predicted molar refractivity (Wildman–Crippen MR) is 73.8 cm³/mol. The molecule has 2 heterocycles. The van der Waals surface area contributed by atoms with E-state index in [1.807, 2.05) is 31.2 Å². The summed E-state index contributed by atoms with van der Waals surface area (Å²) in [6, 6.07) is 7.29. The fraction of sp³-hybridized carbons (Fsp3) is 0.286. The van der Waals surface area contributed by atoms with Crippen molar-refractivity contribution in [3.05, 3.63) is 42.2 Å². The smallest absolute Gasteiger partial charge is 0.251 e. The van der Waals surface area contributed by atoms with Gasteiger partial charge in [-0.1, -0.05) is 12.1 Å². The number of rotatable bonds is 2. The first-order valence-corrected chi connectivity index (χ1v) is 6.36. The lowest BCUT2D eigenvalue weighted by atomic mass is 10.1. The van der Waals surface area contributed by atoms with Gasteiger partial charge in [-0.15, -0.1) is 0 Å². The van der Waals surface area contributed by atoms with Crippen LogP contribution in [0.5, 0.6) is 0 Å². The van der Waals surface area contributed by atoms with Crippen molar-refractivity contribution >= 4 is 17.3 Å². The van der Waals surface area contributed by atoms with Crippen molar-refractivity contribution in [2.45, 2.75) is 19.4 Å².